The molecule has 0 unspecified atom stereocenters. The number of anilines is 3. The Balaban J connectivity index is 1.00. The van der Waals surface area contributed by atoms with Gasteiger partial charge in [-0.3, -0.25) is 0 Å². The van der Waals surface area contributed by atoms with Gasteiger partial charge in [0.1, 0.15) is 11.2 Å². The summed E-state index contributed by atoms with van der Waals surface area (Å²) in [6.45, 7) is 0. The molecule has 0 amide bonds. The maximum absolute atomic E-state index is 9.47. The van der Waals surface area contributed by atoms with E-state index in [2.05, 4.69) is 169 Å². The number of fused-ring (bicyclic) bond motifs is 4. The minimum Gasteiger partial charge on any atom is -0.456 e. The Hall–Kier alpha value is -7.41. The van der Waals surface area contributed by atoms with Crippen LogP contribution in [0.2, 0.25) is 0 Å². The number of nitriles is 1. The molecule has 1 aromatic heterocycles. The molecule has 11 aromatic rings. The Morgan fingerprint density at radius 1 is 0.370 bits per heavy atom. The van der Waals surface area contributed by atoms with Crippen molar-refractivity contribution >= 4 is 82.1 Å². The fraction of sp³-hybridized carbons (Fsp3) is 0. The first-order chi connectivity index (χ1) is 26.7. The van der Waals surface area contributed by atoms with E-state index in [-0.39, 0.29) is 0 Å². The second kappa shape index (κ2) is 11.8. The van der Waals surface area contributed by atoms with E-state index in [0.717, 1.165) is 55.5 Å². The van der Waals surface area contributed by atoms with Gasteiger partial charge in [0.25, 0.3) is 0 Å². The number of hydrogen-bond acceptors (Lipinski definition) is 3. The van der Waals surface area contributed by atoms with Crippen LogP contribution in [0.15, 0.2) is 186 Å². The van der Waals surface area contributed by atoms with E-state index >= 15 is 0 Å². The summed E-state index contributed by atoms with van der Waals surface area (Å²) in [7, 11) is 0. The van der Waals surface area contributed by atoms with E-state index in [0.29, 0.717) is 5.56 Å². The molecule has 54 heavy (non-hydrogen) atoms. The standard InChI is InChI=1S/C51H30N2O/c52-31-32-10-18-43(19-11-32)53(44-20-16-34-8-4-5-9-35(34)28-44)45-21-23-47-46-22-17-36(29-48(46)54-49(47)30-45)42-26-39-14-12-37-24-41(33-6-2-1-3-7-33)25-38-13-15-40(27-42)51(39)50(37)38/h1-30H. The third-order valence-corrected chi connectivity index (χ3v) is 10.9. The summed E-state index contributed by atoms with van der Waals surface area (Å²) >= 11 is 0. The van der Waals surface area contributed by atoms with Crippen LogP contribution in [0.3, 0.4) is 0 Å². The first-order valence-electron chi connectivity index (χ1n) is 18.2. The van der Waals surface area contributed by atoms with Crippen molar-refractivity contribution in [1.29, 1.82) is 5.26 Å². The molecule has 10 aromatic carbocycles. The number of furan rings is 1. The number of nitrogens with zero attached hydrogens (tertiary/aromatic N) is 2. The maximum Gasteiger partial charge on any atom is 0.137 e. The molecule has 0 spiro atoms. The van der Waals surface area contributed by atoms with Crippen LogP contribution < -0.4 is 4.90 Å². The zero-order valence-electron chi connectivity index (χ0n) is 29.1. The topological polar surface area (TPSA) is 40.2 Å². The third kappa shape index (κ3) is 4.82. The second-order valence-corrected chi connectivity index (χ2v) is 14.1. The van der Waals surface area contributed by atoms with Crippen LogP contribution >= 0.6 is 0 Å². The Morgan fingerprint density at radius 2 is 0.889 bits per heavy atom. The summed E-state index contributed by atoms with van der Waals surface area (Å²) < 4.78 is 6.66. The van der Waals surface area contributed by atoms with Gasteiger partial charge < -0.3 is 9.32 Å². The average molecular weight is 687 g/mol. The second-order valence-electron chi connectivity index (χ2n) is 14.1. The summed E-state index contributed by atoms with van der Waals surface area (Å²) in [4.78, 5) is 2.22. The highest BCUT2D eigenvalue weighted by atomic mass is 16.3. The number of benzene rings is 10. The summed E-state index contributed by atoms with van der Waals surface area (Å²) in [5, 5.41) is 21.6. The average Bonchev–Trinajstić information content (AvgIpc) is 3.60. The summed E-state index contributed by atoms with van der Waals surface area (Å²) in [5.74, 6) is 0. The van der Waals surface area contributed by atoms with Crippen molar-refractivity contribution in [2.24, 2.45) is 0 Å². The van der Waals surface area contributed by atoms with Crippen LogP contribution in [-0.2, 0) is 0 Å². The van der Waals surface area contributed by atoms with Crippen molar-refractivity contribution in [3.05, 3.63) is 188 Å². The fourth-order valence-electron chi connectivity index (χ4n) is 8.33. The Bertz CT molecular complexity index is 3210. The fourth-order valence-corrected chi connectivity index (χ4v) is 8.33. The van der Waals surface area contributed by atoms with Gasteiger partial charge in [0, 0.05) is 33.9 Å². The van der Waals surface area contributed by atoms with Crippen molar-refractivity contribution in [1.82, 2.24) is 0 Å². The predicted octanol–water partition coefficient (Wildman–Crippen LogP) is 14.3. The molecule has 0 aliphatic heterocycles. The first kappa shape index (κ1) is 30.2. The molecule has 3 heteroatoms. The maximum atomic E-state index is 9.47. The van der Waals surface area contributed by atoms with Gasteiger partial charge in [0.05, 0.1) is 11.6 Å². The SMILES string of the molecule is N#Cc1ccc(N(c2ccc3ccccc3c2)c2ccc3c(c2)oc2cc(-c4cc5ccc6cc(-c7ccccc7)cc7ccc(c4)c5c67)ccc23)cc1. The highest BCUT2D eigenvalue weighted by molar-refractivity contribution is 6.24. The van der Waals surface area contributed by atoms with Crippen LogP contribution in [0.4, 0.5) is 17.1 Å². The molecule has 0 fully saturated rings. The first-order valence-corrected chi connectivity index (χ1v) is 18.2. The van der Waals surface area contributed by atoms with E-state index in [1.807, 2.05) is 24.3 Å². The van der Waals surface area contributed by atoms with Crippen LogP contribution in [0.25, 0.3) is 87.3 Å². The van der Waals surface area contributed by atoms with Crippen molar-refractivity contribution < 1.29 is 4.42 Å². The molecule has 0 saturated carbocycles. The molecule has 0 bridgehead atoms. The molecular weight excluding hydrogens is 657 g/mol. The highest BCUT2D eigenvalue weighted by Crippen LogP contribution is 2.42. The molecule has 0 N–H and O–H groups in total. The third-order valence-electron chi connectivity index (χ3n) is 10.9. The van der Waals surface area contributed by atoms with E-state index in [1.54, 1.807) is 0 Å². The summed E-state index contributed by atoms with van der Waals surface area (Å²) in [5.41, 5.74) is 10.0. The molecule has 0 saturated heterocycles. The van der Waals surface area contributed by atoms with E-state index in [4.69, 9.17) is 4.42 Å². The van der Waals surface area contributed by atoms with Crippen molar-refractivity contribution in [2.45, 2.75) is 0 Å². The van der Waals surface area contributed by atoms with Crippen LogP contribution in [-0.4, -0.2) is 0 Å². The molecule has 0 radical (unpaired) electrons. The van der Waals surface area contributed by atoms with Gasteiger partial charge in [-0.15, -0.1) is 0 Å². The zero-order valence-corrected chi connectivity index (χ0v) is 29.1. The van der Waals surface area contributed by atoms with Crippen LogP contribution in [0.5, 0.6) is 0 Å². The molecular formula is C51H30N2O. The number of rotatable bonds is 5. The largest absolute Gasteiger partial charge is 0.456 e. The van der Waals surface area contributed by atoms with E-state index in [9.17, 15) is 5.26 Å². The van der Waals surface area contributed by atoms with E-state index < -0.39 is 0 Å². The molecule has 3 nitrogen and oxygen atoms in total. The lowest BCUT2D eigenvalue weighted by molar-refractivity contribution is 0.669. The summed E-state index contributed by atoms with van der Waals surface area (Å²) in [6.07, 6.45) is 0. The molecule has 11 rings (SSSR count). The smallest absolute Gasteiger partial charge is 0.137 e. The van der Waals surface area contributed by atoms with Gasteiger partial charge in [-0.05, 0) is 150 Å². The molecule has 0 aliphatic carbocycles. The monoisotopic (exact) mass is 686 g/mol. The minimum atomic E-state index is 0.628. The Kier molecular flexibility index (Phi) is 6.62. The predicted molar refractivity (Wildman–Crippen MR) is 225 cm³/mol. The van der Waals surface area contributed by atoms with Gasteiger partial charge in [-0.25, -0.2) is 0 Å². The van der Waals surface area contributed by atoms with Gasteiger partial charge in [-0.2, -0.15) is 5.26 Å². The molecule has 1 heterocycles. The van der Waals surface area contributed by atoms with Gasteiger partial charge >= 0.3 is 0 Å². The highest BCUT2D eigenvalue weighted by Gasteiger charge is 2.18. The zero-order chi connectivity index (χ0) is 35.8. The molecule has 0 aliphatic rings. The van der Waals surface area contributed by atoms with Crippen molar-refractivity contribution in [2.75, 3.05) is 4.90 Å². The lowest BCUT2D eigenvalue weighted by Gasteiger charge is -2.25. The lowest BCUT2D eigenvalue weighted by atomic mass is 9.89. The normalized spacial score (nSPS) is 11.7. The number of hydrogen-bond donors (Lipinski definition) is 0. The Morgan fingerprint density at radius 3 is 1.56 bits per heavy atom. The summed E-state index contributed by atoms with van der Waals surface area (Å²) in [6, 6.07) is 66.8. The molecule has 250 valence electrons. The minimum absolute atomic E-state index is 0.628. The van der Waals surface area contributed by atoms with Crippen molar-refractivity contribution in [3.8, 4) is 28.3 Å². The Labute approximate surface area is 311 Å². The van der Waals surface area contributed by atoms with Crippen LogP contribution in [0.1, 0.15) is 5.56 Å². The van der Waals surface area contributed by atoms with Gasteiger partial charge in [0.15, 0.2) is 0 Å². The van der Waals surface area contributed by atoms with Gasteiger partial charge in [-0.1, -0.05) is 91.0 Å². The van der Waals surface area contributed by atoms with E-state index in [1.165, 1.54) is 48.8 Å². The van der Waals surface area contributed by atoms with Gasteiger partial charge in [0.2, 0.25) is 0 Å². The van der Waals surface area contributed by atoms with Crippen molar-refractivity contribution in [3.63, 3.8) is 0 Å². The van der Waals surface area contributed by atoms with Crippen LogP contribution in [0, 0.1) is 11.3 Å². The quantitative estimate of drug-likeness (QED) is 0.169. The molecule has 0 atom stereocenters. The lowest BCUT2D eigenvalue weighted by Crippen LogP contribution is -2.09.